The van der Waals surface area contributed by atoms with Crippen molar-refractivity contribution in [2.45, 2.75) is 0 Å². The first-order valence-corrected chi connectivity index (χ1v) is 0. The van der Waals surface area contributed by atoms with Gasteiger partial charge in [-0.1, -0.05) is 0 Å². The summed E-state index contributed by atoms with van der Waals surface area (Å²) >= 11 is 0. The van der Waals surface area contributed by atoms with Crippen LogP contribution in [0.4, 0.5) is 0 Å². The maximum absolute atomic E-state index is 0. The van der Waals surface area contributed by atoms with Gasteiger partial charge in [0.15, 0.2) is 0 Å². The van der Waals surface area contributed by atoms with E-state index in [1.54, 1.807) is 0 Å². The zero-order valence-electron chi connectivity index (χ0n) is 1.63. The van der Waals surface area contributed by atoms with Crippen LogP contribution in [-0.4, -0.2) is 0 Å². The van der Waals surface area contributed by atoms with Gasteiger partial charge in [0.2, 0.25) is 0 Å². The van der Waals surface area contributed by atoms with Gasteiger partial charge in [-0.25, -0.2) is 0 Å². The second-order valence-corrected chi connectivity index (χ2v) is 0. The van der Waals surface area contributed by atoms with Gasteiger partial charge in [-0.3, -0.25) is 0 Å². The number of rotatable bonds is 0. The molecule has 0 aliphatic rings. The Kier molecular flexibility index (Phi) is 109. The molecule has 0 aliphatic heterocycles. The van der Waals surface area contributed by atoms with Crippen molar-refractivity contribution in [1.82, 2.24) is 0 Å². The predicted molar refractivity (Wildman–Crippen MR) is 0 cm³/mol. The van der Waals surface area contributed by atoms with Crippen LogP contribution in [0.5, 0.6) is 0 Å². The Morgan fingerprint density at radius 2 is 1.00 bits per heavy atom. The largest absolute Gasteiger partial charge is 0 e. The van der Waals surface area contributed by atoms with Crippen LogP contribution in [0.1, 0.15) is 0 Å². The number of hydrogen-bond acceptors (Lipinski definition) is 0. The Balaban J connectivity index is 0. The van der Waals surface area contributed by atoms with Crippen molar-refractivity contribution in [3.63, 3.8) is 0 Å². The summed E-state index contributed by atoms with van der Waals surface area (Å²) < 4.78 is 0. The van der Waals surface area contributed by atoms with Crippen molar-refractivity contribution < 1.29 is 100 Å². The third-order valence-electron chi connectivity index (χ3n) is 0. The molecule has 0 bridgehead atoms. The molecular weight excluding hydrogens is 479 g/mol. The van der Waals surface area contributed by atoms with E-state index < -0.39 is 0 Å². The monoisotopic (exact) mass is 480 g/mol. The van der Waals surface area contributed by atoms with Crippen LogP contribution < -0.4 is 0 Å². The van der Waals surface area contributed by atoms with Gasteiger partial charge in [-0.05, 0) is 0 Å². The average Bonchev–Trinajstić information content (AvgIpc) is 0. The van der Waals surface area contributed by atoms with Gasteiger partial charge in [0.05, 0.1) is 0 Å². The molecule has 4 heavy (non-hydrogen) atoms. The summed E-state index contributed by atoms with van der Waals surface area (Å²) in [5.41, 5.74) is 0. The molecule has 0 heterocycles. The summed E-state index contributed by atoms with van der Waals surface area (Å²) in [4.78, 5) is 0. The fourth-order valence-corrected chi connectivity index (χ4v) is 0. The smallest absolute Gasteiger partial charge is 0 e. The Hall–Kier alpha value is 3.25. The zero-order valence-corrected chi connectivity index (χ0v) is 10.7. The van der Waals surface area contributed by atoms with Crippen LogP contribution in [0.15, 0.2) is 0 Å². The fraction of sp³-hybridized carbons (Fsp3) is 0. The molecule has 0 atom stereocenters. The molecule has 0 aromatic heterocycles. The molecule has 0 aromatic carbocycles. The van der Waals surface area contributed by atoms with E-state index in [9.17, 15) is 0 Å². The van der Waals surface area contributed by atoms with Crippen LogP contribution in [0.3, 0.4) is 0 Å². The molecule has 0 saturated carbocycles. The molecule has 0 fully saturated rings. The minimum Gasteiger partial charge on any atom is 0 e. The summed E-state index contributed by atoms with van der Waals surface area (Å²) in [5, 5.41) is 0. The normalized spacial score (nSPS) is 0. The average molecular weight is 479 g/mol. The molecule has 0 N–H and O–H groups in total. The fourth-order valence-electron chi connectivity index (χ4n) is 0. The molecule has 0 nitrogen and oxygen atoms in total. The molecule has 4 heteroatoms. The summed E-state index contributed by atoms with van der Waals surface area (Å²) in [7, 11) is 0. The molecule has 26 valence electrons. The third-order valence-corrected chi connectivity index (χ3v) is 0. The Labute approximate surface area is 98.1 Å². The number of hydrogen-bond donors (Lipinski definition) is 0. The first kappa shape index (κ1) is 26.8. The molecular formula is CeMoNiW. The molecule has 0 aromatic rings. The maximum atomic E-state index is 0. The van der Waals surface area contributed by atoms with Crippen LogP contribution in [0.2, 0.25) is 0 Å². The van der Waals surface area contributed by atoms with Crippen LogP contribution >= 0.6 is 0 Å². The van der Waals surface area contributed by atoms with Gasteiger partial charge < -0.3 is 0 Å². The Morgan fingerprint density at radius 3 is 1.00 bits per heavy atom. The van der Waals surface area contributed by atoms with Gasteiger partial charge in [0.25, 0.3) is 0 Å². The van der Waals surface area contributed by atoms with Crippen molar-refractivity contribution in [3.05, 3.63) is 0 Å². The second kappa shape index (κ2) is 16.3. The van der Waals surface area contributed by atoms with E-state index in [0.29, 0.717) is 0 Å². The third kappa shape index (κ3) is 8.98. The van der Waals surface area contributed by atoms with E-state index in [2.05, 4.69) is 0 Å². The first-order valence-electron chi connectivity index (χ1n) is 0. The summed E-state index contributed by atoms with van der Waals surface area (Å²) in [6.45, 7) is 0. The van der Waals surface area contributed by atoms with Gasteiger partial charge in [-0.2, -0.15) is 0 Å². The van der Waals surface area contributed by atoms with Crippen LogP contribution in [0.25, 0.3) is 0 Å². The molecule has 0 unspecified atom stereocenters. The van der Waals surface area contributed by atoms with Gasteiger partial charge in [-0.15, -0.1) is 0 Å². The Bertz CT molecular complexity index is 8.00. The van der Waals surface area contributed by atoms with Crippen LogP contribution in [-0.2, 0) is 58.6 Å². The van der Waals surface area contributed by atoms with Gasteiger partial charge in [0, 0.05) is 100 Å². The van der Waals surface area contributed by atoms with E-state index in [4.69, 9.17) is 0 Å². The van der Waals surface area contributed by atoms with Crippen molar-refractivity contribution >= 4 is 0 Å². The van der Waals surface area contributed by atoms with Gasteiger partial charge >= 0.3 is 0 Å². The maximum Gasteiger partial charge on any atom is 0 e. The summed E-state index contributed by atoms with van der Waals surface area (Å²) in [5.74, 6) is 0. The van der Waals surface area contributed by atoms with Gasteiger partial charge in [0.1, 0.15) is 0 Å². The van der Waals surface area contributed by atoms with Crippen molar-refractivity contribution in [2.75, 3.05) is 0 Å². The van der Waals surface area contributed by atoms with Crippen molar-refractivity contribution in [3.8, 4) is 0 Å². The minimum absolute atomic E-state index is 0. The van der Waals surface area contributed by atoms with Crippen molar-refractivity contribution in [1.29, 1.82) is 0 Å². The first-order chi connectivity index (χ1) is 0. The second-order valence-electron chi connectivity index (χ2n) is 0. The van der Waals surface area contributed by atoms with E-state index in [1.807, 2.05) is 0 Å². The molecule has 0 rings (SSSR count). The van der Waals surface area contributed by atoms with E-state index in [0.717, 1.165) is 0 Å². The molecule has 0 radical (unpaired) electrons. The van der Waals surface area contributed by atoms with Crippen LogP contribution in [0, 0.1) is 41.7 Å². The van der Waals surface area contributed by atoms with E-state index >= 15 is 0 Å². The molecule has 0 aliphatic carbocycles. The summed E-state index contributed by atoms with van der Waals surface area (Å²) in [6, 6.07) is 0. The Morgan fingerprint density at radius 1 is 1.00 bits per heavy atom. The summed E-state index contributed by atoms with van der Waals surface area (Å²) in [6.07, 6.45) is 0. The van der Waals surface area contributed by atoms with E-state index in [-0.39, 0.29) is 100 Å². The standard InChI is InChI=1S/Ce.Mo.Ni.W. The quantitative estimate of drug-likeness (QED) is 0.430. The molecule has 0 saturated heterocycles. The predicted octanol–water partition coefficient (Wildman–Crippen LogP) is -0.00750. The molecule has 0 amide bonds. The van der Waals surface area contributed by atoms with E-state index in [1.165, 1.54) is 0 Å². The zero-order chi connectivity index (χ0) is 0. The van der Waals surface area contributed by atoms with Crippen molar-refractivity contribution in [2.24, 2.45) is 0 Å². The molecule has 0 spiro atoms. The topological polar surface area (TPSA) is 0 Å². The SMILES string of the molecule is [Ce].[Mo].[Ni].[W]. The minimum atomic E-state index is 0.